The van der Waals surface area contributed by atoms with Crippen LogP contribution in [0.25, 0.3) is 0 Å². The van der Waals surface area contributed by atoms with Crippen LogP contribution in [0.15, 0.2) is 42.7 Å². The first-order valence-electron chi connectivity index (χ1n) is 5.80. The normalized spacial score (nSPS) is 10.3. The lowest BCUT2D eigenvalue weighted by Gasteiger charge is -2.07. The molecule has 0 radical (unpaired) electrons. The van der Waals surface area contributed by atoms with Crippen molar-refractivity contribution in [2.45, 2.75) is 13.0 Å². The van der Waals surface area contributed by atoms with Crippen LogP contribution < -0.4 is 10.5 Å². The predicted molar refractivity (Wildman–Crippen MR) is 67.7 cm³/mol. The maximum Gasteiger partial charge on any atom is 0.131 e. The molecular weight excluding hydrogens is 231 g/mol. The number of nitrogens with zero attached hydrogens (tertiary/aromatic N) is 1. The minimum Gasteiger partial charge on any atom is -0.493 e. The number of rotatable bonds is 5. The highest BCUT2D eigenvalue weighted by Gasteiger charge is 2.02. The minimum atomic E-state index is -0.323. The van der Waals surface area contributed by atoms with E-state index in [1.807, 2.05) is 12.1 Å². The molecule has 94 valence electrons. The van der Waals surface area contributed by atoms with Gasteiger partial charge < -0.3 is 10.5 Å². The van der Waals surface area contributed by atoms with Crippen LogP contribution >= 0.6 is 0 Å². The lowest BCUT2D eigenvalue weighted by Crippen LogP contribution is -2.03. The zero-order valence-electron chi connectivity index (χ0n) is 9.97. The summed E-state index contributed by atoms with van der Waals surface area (Å²) < 4.78 is 18.9. The van der Waals surface area contributed by atoms with E-state index >= 15 is 0 Å². The van der Waals surface area contributed by atoms with E-state index < -0.39 is 0 Å². The molecule has 0 aliphatic carbocycles. The predicted octanol–water partition coefficient (Wildman–Crippen LogP) is 2.30. The van der Waals surface area contributed by atoms with Gasteiger partial charge in [-0.1, -0.05) is 12.1 Å². The molecule has 2 aromatic rings. The van der Waals surface area contributed by atoms with Gasteiger partial charge in [0.25, 0.3) is 0 Å². The van der Waals surface area contributed by atoms with Crippen molar-refractivity contribution in [2.75, 3.05) is 6.61 Å². The zero-order valence-corrected chi connectivity index (χ0v) is 9.97. The summed E-state index contributed by atoms with van der Waals surface area (Å²) in [5.41, 5.74) is 6.98. The van der Waals surface area contributed by atoms with Gasteiger partial charge in [-0.15, -0.1) is 0 Å². The van der Waals surface area contributed by atoms with Crippen LogP contribution in [-0.2, 0) is 13.0 Å². The minimum absolute atomic E-state index is 0.196. The molecular formula is C14H15FN2O. The molecule has 1 aromatic heterocycles. The Kier molecular flexibility index (Phi) is 4.25. The van der Waals surface area contributed by atoms with E-state index in [-0.39, 0.29) is 12.4 Å². The van der Waals surface area contributed by atoms with Gasteiger partial charge in [0, 0.05) is 37.0 Å². The molecule has 18 heavy (non-hydrogen) atoms. The van der Waals surface area contributed by atoms with Crippen LogP contribution in [-0.4, -0.2) is 11.6 Å². The quantitative estimate of drug-likeness (QED) is 0.880. The first-order chi connectivity index (χ1) is 8.79. The van der Waals surface area contributed by atoms with Crippen molar-refractivity contribution < 1.29 is 9.13 Å². The fourth-order valence-electron chi connectivity index (χ4n) is 1.62. The number of aromatic nitrogens is 1. The average Bonchev–Trinajstić information content (AvgIpc) is 2.40. The molecule has 1 aromatic carbocycles. The van der Waals surface area contributed by atoms with E-state index in [2.05, 4.69) is 4.98 Å². The van der Waals surface area contributed by atoms with Crippen LogP contribution in [0.5, 0.6) is 5.75 Å². The Morgan fingerprint density at radius 2 is 2.17 bits per heavy atom. The van der Waals surface area contributed by atoms with Crippen LogP contribution in [0.2, 0.25) is 0 Å². The topological polar surface area (TPSA) is 48.1 Å². The second kappa shape index (κ2) is 6.12. The number of hydrogen-bond donors (Lipinski definition) is 1. The molecule has 2 N–H and O–H groups in total. The van der Waals surface area contributed by atoms with Crippen LogP contribution in [0.1, 0.15) is 11.1 Å². The lowest BCUT2D eigenvalue weighted by atomic mass is 10.2. The molecule has 0 spiro atoms. The van der Waals surface area contributed by atoms with Gasteiger partial charge in [-0.25, -0.2) is 4.39 Å². The van der Waals surface area contributed by atoms with Crippen LogP contribution in [0.3, 0.4) is 0 Å². The molecule has 0 fully saturated rings. The summed E-state index contributed by atoms with van der Waals surface area (Å²) in [6.07, 6.45) is 4.26. The molecule has 0 aliphatic heterocycles. The van der Waals surface area contributed by atoms with Gasteiger partial charge >= 0.3 is 0 Å². The van der Waals surface area contributed by atoms with E-state index in [1.54, 1.807) is 24.5 Å². The van der Waals surface area contributed by atoms with Crippen LogP contribution in [0.4, 0.5) is 4.39 Å². The Labute approximate surface area is 105 Å². The number of hydrogen-bond acceptors (Lipinski definition) is 3. The van der Waals surface area contributed by atoms with Gasteiger partial charge in [-0.05, 0) is 17.7 Å². The lowest BCUT2D eigenvalue weighted by molar-refractivity contribution is 0.320. The first kappa shape index (κ1) is 12.5. The SMILES string of the molecule is NCc1ccc(OCCc2cccnc2)cc1F. The monoisotopic (exact) mass is 246 g/mol. The largest absolute Gasteiger partial charge is 0.493 e. The zero-order chi connectivity index (χ0) is 12.8. The van der Waals surface area contributed by atoms with Gasteiger partial charge in [0.15, 0.2) is 0 Å². The Morgan fingerprint density at radius 3 is 2.83 bits per heavy atom. The van der Waals surface area contributed by atoms with Crippen LogP contribution in [0, 0.1) is 5.82 Å². The van der Waals surface area contributed by atoms with E-state index in [0.29, 0.717) is 17.9 Å². The molecule has 4 heteroatoms. The summed E-state index contributed by atoms with van der Waals surface area (Å²) in [6.45, 7) is 0.689. The Bertz CT molecular complexity index is 502. The molecule has 0 saturated heterocycles. The fraction of sp³-hybridized carbons (Fsp3) is 0.214. The van der Waals surface area contributed by atoms with Crippen molar-refractivity contribution >= 4 is 0 Å². The number of ether oxygens (including phenoxy) is 1. The number of benzene rings is 1. The second-order valence-electron chi connectivity index (χ2n) is 3.92. The van der Waals surface area contributed by atoms with Gasteiger partial charge in [0.2, 0.25) is 0 Å². The second-order valence-corrected chi connectivity index (χ2v) is 3.92. The highest BCUT2D eigenvalue weighted by Crippen LogP contribution is 2.16. The van der Waals surface area contributed by atoms with E-state index in [1.165, 1.54) is 6.07 Å². The van der Waals surface area contributed by atoms with Gasteiger partial charge in [0.05, 0.1) is 6.61 Å². The number of pyridine rings is 1. The van der Waals surface area contributed by atoms with Crippen molar-refractivity contribution in [1.29, 1.82) is 0 Å². The van der Waals surface area contributed by atoms with Gasteiger partial charge in [-0.2, -0.15) is 0 Å². The Balaban J connectivity index is 1.89. The Hall–Kier alpha value is -1.94. The van der Waals surface area contributed by atoms with Gasteiger partial charge in [0.1, 0.15) is 11.6 Å². The maximum atomic E-state index is 13.4. The summed E-state index contributed by atoms with van der Waals surface area (Å²) in [5.74, 6) is 0.199. The number of nitrogens with two attached hydrogens (primary N) is 1. The van der Waals surface area contributed by atoms with Crippen molar-refractivity contribution in [3.8, 4) is 5.75 Å². The highest BCUT2D eigenvalue weighted by atomic mass is 19.1. The molecule has 3 nitrogen and oxygen atoms in total. The molecule has 0 amide bonds. The summed E-state index contributed by atoms with van der Waals surface area (Å²) in [4.78, 5) is 4.02. The summed E-state index contributed by atoms with van der Waals surface area (Å²) in [6, 6.07) is 8.61. The van der Waals surface area contributed by atoms with Gasteiger partial charge in [-0.3, -0.25) is 4.98 Å². The van der Waals surface area contributed by atoms with E-state index in [4.69, 9.17) is 10.5 Å². The highest BCUT2D eigenvalue weighted by molar-refractivity contribution is 5.28. The fourth-order valence-corrected chi connectivity index (χ4v) is 1.62. The van der Waals surface area contributed by atoms with Crippen molar-refractivity contribution in [2.24, 2.45) is 5.73 Å². The molecule has 2 rings (SSSR count). The molecule has 1 heterocycles. The third kappa shape index (κ3) is 3.28. The molecule has 0 unspecified atom stereocenters. The van der Waals surface area contributed by atoms with E-state index in [0.717, 1.165) is 12.0 Å². The van der Waals surface area contributed by atoms with Crippen molar-refractivity contribution in [3.05, 3.63) is 59.7 Å². The summed E-state index contributed by atoms with van der Waals surface area (Å²) in [5, 5.41) is 0. The molecule has 0 atom stereocenters. The first-order valence-corrected chi connectivity index (χ1v) is 5.80. The molecule has 0 saturated carbocycles. The average molecular weight is 246 g/mol. The third-order valence-corrected chi connectivity index (χ3v) is 2.63. The van der Waals surface area contributed by atoms with Crippen molar-refractivity contribution in [3.63, 3.8) is 0 Å². The molecule has 0 aliphatic rings. The Morgan fingerprint density at radius 1 is 1.28 bits per heavy atom. The van der Waals surface area contributed by atoms with E-state index in [9.17, 15) is 4.39 Å². The van der Waals surface area contributed by atoms with Crippen molar-refractivity contribution in [1.82, 2.24) is 4.98 Å². The summed E-state index contributed by atoms with van der Waals surface area (Å²) >= 11 is 0. The maximum absolute atomic E-state index is 13.4. The standard InChI is InChI=1S/C14H15FN2O/c15-14-8-13(4-3-12(14)9-16)18-7-5-11-2-1-6-17-10-11/h1-4,6,8,10H,5,7,9,16H2. The smallest absolute Gasteiger partial charge is 0.131 e. The molecule has 0 bridgehead atoms. The number of halogens is 1. The third-order valence-electron chi connectivity index (χ3n) is 2.63. The summed E-state index contributed by atoms with van der Waals surface area (Å²) in [7, 11) is 0.